The van der Waals surface area contributed by atoms with Gasteiger partial charge in [-0.05, 0) is 18.4 Å². The Morgan fingerprint density at radius 1 is 1.27 bits per heavy atom. The van der Waals surface area contributed by atoms with Crippen LogP contribution in [0.3, 0.4) is 0 Å². The fourth-order valence-corrected chi connectivity index (χ4v) is 4.75. The van der Waals surface area contributed by atoms with Crippen LogP contribution in [0.1, 0.15) is 23.3 Å². The van der Waals surface area contributed by atoms with Crippen LogP contribution >= 0.6 is 11.3 Å². The Bertz CT molecular complexity index is 1160. The van der Waals surface area contributed by atoms with Gasteiger partial charge in [0.25, 0.3) is 5.56 Å². The standard InChI is InChI=1S/C16H16F2N4O3S/c1-8-10(7-21-3-2-19-14(21)24)26-13-11(8)12(23)20-15(25)22(13)6-9-4-16(17,18)5-9/h2-3,9H,4-7H2,1H3,(H,19,24)(H,20,23,25). The molecule has 0 atom stereocenters. The first-order valence-corrected chi connectivity index (χ1v) is 8.93. The molecule has 3 aromatic heterocycles. The highest BCUT2D eigenvalue weighted by Crippen LogP contribution is 2.43. The molecule has 138 valence electrons. The minimum Gasteiger partial charge on any atom is -0.313 e. The van der Waals surface area contributed by atoms with Gasteiger partial charge in [0.2, 0.25) is 5.92 Å². The molecule has 1 aliphatic carbocycles. The molecule has 1 aliphatic rings. The summed E-state index contributed by atoms with van der Waals surface area (Å²) in [6, 6.07) is 0. The lowest BCUT2D eigenvalue weighted by atomic mass is 9.81. The van der Waals surface area contributed by atoms with Gasteiger partial charge < -0.3 is 4.98 Å². The first-order valence-electron chi connectivity index (χ1n) is 8.12. The highest BCUT2D eigenvalue weighted by molar-refractivity contribution is 7.18. The van der Waals surface area contributed by atoms with Crippen molar-refractivity contribution in [2.75, 3.05) is 0 Å². The van der Waals surface area contributed by atoms with E-state index in [1.54, 1.807) is 13.1 Å². The Labute approximate surface area is 148 Å². The molecule has 0 amide bonds. The number of nitrogens with one attached hydrogen (secondary N) is 2. The first kappa shape index (κ1) is 17.0. The molecule has 4 rings (SSSR count). The van der Waals surface area contributed by atoms with E-state index in [1.165, 1.54) is 26.7 Å². The fourth-order valence-electron chi connectivity index (χ4n) is 3.44. The number of aromatic nitrogens is 4. The van der Waals surface area contributed by atoms with Gasteiger partial charge >= 0.3 is 11.4 Å². The lowest BCUT2D eigenvalue weighted by Gasteiger charge is -2.35. The number of halogens is 2. The number of nitrogens with zero attached hydrogens (tertiary/aromatic N) is 2. The molecular weight excluding hydrogens is 366 g/mol. The molecule has 26 heavy (non-hydrogen) atoms. The molecule has 1 saturated carbocycles. The molecule has 0 spiro atoms. The number of H-pyrrole nitrogens is 2. The van der Waals surface area contributed by atoms with Crippen molar-refractivity contribution in [2.24, 2.45) is 5.92 Å². The smallest absolute Gasteiger partial charge is 0.313 e. The van der Waals surface area contributed by atoms with Crippen molar-refractivity contribution in [3.8, 4) is 0 Å². The number of aryl methyl sites for hydroxylation is 1. The second-order valence-corrected chi connectivity index (χ2v) is 7.81. The van der Waals surface area contributed by atoms with Crippen molar-refractivity contribution in [1.82, 2.24) is 19.1 Å². The number of thiophene rings is 1. The van der Waals surface area contributed by atoms with Crippen LogP contribution in [0.4, 0.5) is 8.78 Å². The van der Waals surface area contributed by atoms with Gasteiger partial charge in [-0.1, -0.05) is 0 Å². The highest BCUT2D eigenvalue weighted by Gasteiger charge is 2.45. The second kappa shape index (κ2) is 5.76. The molecule has 7 nitrogen and oxygen atoms in total. The van der Waals surface area contributed by atoms with Crippen LogP contribution in [0.5, 0.6) is 0 Å². The summed E-state index contributed by atoms with van der Waals surface area (Å²) in [6.45, 7) is 2.17. The predicted molar refractivity (Wildman–Crippen MR) is 93.3 cm³/mol. The maximum Gasteiger partial charge on any atom is 0.329 e. The number of rotatable bonds is 4. The van der Waals surface area contributed by atoms with Crippen LogP contribution in [0, 0.1) is 12.8 Å². The molecule has 0 unspecified atom stereocenters. The van der Waals surface area contributed by atoms with Crippen LogP contribution in [-0.4, -0.2) is 25.0 Å². The van der Waals surface area contributed by atoms with Gasteiger partial charge in [-0.2, -0.15) is 0 Å². The maximum absolute atomic E-state index is 13.1. The monoisotopic (exact) mass is 382 g/mol. The van der Waals surface area contributed by atoms with Crippen LogP contribution in [0.15, 0.2) is 26.8 Å². The minimum atomic E-state index is -2.67. The van der Waals surface area contributed by atoms with Gasteiger partial charge in [0.05, 0.1) is 11.9 Å². The Balaban J connectivity index is 1.79. The van der Waals surface area contributed by atoms with E-state index in [2.05, 4.69) is 9.97 Å². The molecule has 3 aromatic rings. The van der Waals surface area contributed by atoms with Gasteiger partial charge in [-0.15, -0.1) is 11.3 Å². The number of alkyl halides is 2. The lowest BCUT2D eigenvalue weighted by molar-refractivity contribution is -0.114. The van der Waals surface area contributed by atoms with Crippen molar-refractivity contribution in [3.63, 3.8) is 0 Å². The molecule has 3 heterocycles. The zero-order valence-electron chi connectivity index (χ0n) is 13.8. The third-order valence-corrected chi connectivity index (χ3v) is 6.12. The summed E-state index contributed by atoms with van der Waals surface area (Å²) in [6.07, 6.45) is 2.61. The van der Waals surface area contributed by atoms with Crippen LogP contribution in [0.2, 0.25) is 0 Å². The van der Waals surface area contributed by atoms with Crippen LogP contribution in [0.25, 0.3) is 10.2 Å². The lowest BCUT2D eigenvalue weighted by Crippen LogP contribution is -2.40. The summed E-state index contributed by atoms with van der Waals surface area (Å²) in [5.41, 5.74) is -0.678. The molecule has 0 aromatic carbocycles. The minimum absolute atomic E-state index is 0.144. The van der Waals surface area contributed by atoms with Gasteiger partial charge in [-0.25, -0.2) is 18.4 Å². The van der Waals surface area contributed by atoms with Crippen LogP contribution < -0.4 is 16.9 Å². The average Bonchev–Trinajstić information content (AvgIpc) is 3.06. The SMILES string of the molecule is Cc1c(Cn2cc[nH]c2=O)sc2c1c(=O)[nH]c(=O)n2CC1CC(F)(F)C1. The Morgan fingerprint density at radius 3 is 2.62 bits per heavy atom. The summed E-state index contributed by atoms with van der Waals surface area (Å²) in [7, 11) is 0. The third kappa shape index (κ3) is 2.74. The number of imidazole rings is 1. The molecule has 0 aliphatic heterocycles. The number of hydrogen-bond acceptors (Lipinski definition) is 4. The molecular formula is C16H16F2N4O3S. The second-order valence-electron chi connectivity index (χ2n) is 6.72. The summed E-state index contributed by atoms with van der Waals surface area (Å²) < 4.78 is 29.1. The van der Waals surface area contributed by atoms with Crippen molar-refractivity contribution in [3.05, 3.63) is 54.2 Å². The highest BCUT2D eigenvalue weighted by atomic mass is 32.1. The summed E-state index contributed by atoms with van der Waals surface area (Å²) >= 11 is 1.24. The fraction of sp³-hybridized carbons (Fsp3) is 0.438. The van der Waals surface area contributed by atoms with Gasteiger partial charge in [-0.3, -0.25) is 18.9 Å². The molecule has 0 radical (unpaired) electrons. The van der Waals surface area contributed by atoms with E-state index in [1.807, 2.05) is 0 Å². The van der Waals surface area contributed by atoms with E-state index in [-0.39, 0.29) is 37.5 Å². The van der Waals surface area contributed by atoms with Gasteiger partial charge in [0, 0.05) is 36.7 Å². The summed E-state index contributed by atoms with van der Waals surface area (Å²) in [5, 5.41) is 0.374. The topological polar surface area (TPSA) is 92.7 Å². The van der Waals surface area contributed by atoms with E-state index in [4.69, 9.17) is 0 Å². The molecule has 10 heteroatoms. The summed E-state index contributed by atoms with van der Waals surface area (Å²) in [4.78, 5) is 42.3. The quantitative estimate of drug-likeness (QED) is 0.719. The Morgan fingerprint density at radius 2 is 2.00 bits per heavy atom. The van der Waals surface area contributed by atoms with Crippen molar-refractivity contribution in [1.29, 1.82) is 0 Å². The zero-order valence-corrected chi connectivity index (χ0v) is 14.7. The van der Waals surface area contributed by atoms with Crippen LogP contribution in [-0.2, 0) is 13.1 Å². The molecule has 0 saturated heterocycles. The number of hydrogen-bond donors (Lipinski definition) is 2. The molecule has 2 N–H and O–H groups in total. The molecule has 0 bridgehead atoms. The average molecular weight is 382 g/mol. The maximum atomic E-state index is 13.1. The number of aromatic amines is 2. The number of fused-ring (bicyclic) bond motifs is 1. The van der Waals surface area contributed by atoms with Crippen molar-refractivity contribution in [2.45, 2.75) is 38.8 Å². The first-order chi connectivity index (χ1) is 12.2. The van der Waals surface area contributed by atoms with E-state index in [0.717, 1.165) is 4.88 Å². The Hall–Kier alpha value is -2.49. The van der Waals surface area contributed by atoms with E-state index >= 15 is 0 Å². The molecule has 1 fully saturated rings. The van der Waals surface area contributed by atoms with Crippen molar-refractivity contribution < 1.29 is 8.78 Å². The van der Waals surface area contributed by atoms with Gasteiger partial charge in [0.1, 0.15) is 4.83 Å². The van der Waals surface area contributed by atoms with E-state index in [0.29, 0.717) is 15.8 Å². The summed E-state index contributed by atoms with van der Waals surface area (Å²) in [5.74, 6) is -2.96. The van der Waals surface area contributed by atoms with Crippen molar-refractivity contribution >= 4 is 21.6 Å². The largest absolute Gasteiger partial charge is 0.329 e. The third-order valence-electron chi connectivity index (χ3n) is 4.82. The normalized spacial score (nSPS) is 16.9. The zero-order chi connectivity index (χ0) is 18.6. The Kier molecular flexibility index (Phi) is 3.76. The predicted octanol–water partition coefficient (Wildman–Crippen LogP) is 1.64. The van der Waals surface area contributed by atoms with E-state index < -0.39 is 17.2 Å². The van der Waals surface area contributed by atoms with Gasteiger partial charge in [0.15, 0.2) is 0 Å². The van der Waals surface area contributed by atoms with E-state index in [9.17, 15) is 23.2 Å².